The van der Waals surface area contributed by atoms with Crippen LogP contribution in [0.2, 0.25) is 0 Å². The normalized spacial score (nSPS) is 31.2. The Morgan fingerprint density at radius 3 is 2.32 bits per heavy atom. The predicted molar refractivity (Wildman–Crippen MR) is 112 cm³/mol. The standard InChI is InChI=1S/C25H30N2O/c1-2-6-24(7-3-1)28-25-8-4-5-21(17-25)18-26-11-13-27(14-12-26)19-23-16-20-9-10-22(23)15-20/h1-10,17,20,22-23H,11-16,18-19H2/p+2/t20-,22-,23-/m0/s1. The maximum atomic E-state index is 6.00. The Balaban J connectivity index is 1.12. The number of benzene rings is 2. The number of hydrogen-bond acceptors (Lipinski definition) is 1. The topological polar surface area (TPSA) is 18.1 Å². The molecule has 1 saturated heterocycles. The largest absolute Gasteiger partial charge is 0.457 e. The molecule has 1 saturated carbocycles. The molecule has 0 unspecified atom stereocenters. The quantitative estimate of drug-likeness (QED) is 0.738. The monoisotopic (exact) mass is 376 g/mol. The Morgan fingerprint density at radius 2 is 1.57 bits per heavy atom. The van der Waals surface area contributed by atoms with Gasteiger partial charge in [0.2, 0.25) is 0 Å². The van der Waals surface area contributed by atoms with Crippen molar-refractivity contribution in [2.45, 2.75) is 19.4 Å². The molecule has 2 bridgehead atoms. The third-order valence-corrected chi connectivity index (χ3v) is 6.96. The first-order chi connectivity index (χ1) is 13.8. The molecule has 0 amide bonds. The summed E-state index contributed by atoms with van der Waals surface area (Å²) in [5.41, 5.74) is 1.38. The summed E-state index contributed by atoms with van der Waals surface area (Å²) in [5.74, 6) is 4.61. The number of allylic oxidation sites excluding steroid dienone is 2. The van der Waals surface area contributed by atoms with Gasteiger partial charge in [-0.2, -0.15) is 0 Å². The van der Waals surface area contributed by atoms with E-state index in [-0.39, 0.29) is 0 Å². The van der Waals surface area contributed by atoms with Crippen LogP contribution in [0.3, 0.4) is 0 Å². The molecule has 3 heteroatoms. The summed E-state index contributed by atoms with van der Waals surface area (Å²) < 4.78 is 6.00. The Labute approximate surface area is 168 Å². The van der Waals surface area contributed by atoms with E-state index in [2.05, 4.69) is 36.4 Å². The number of fused-ring (bicyclic) bond motifs is 2. The number of piperazine rings is 1. The zero-order chi connectivity index (χ0) is 18.8. The molecule has 2 fully saturated rings. The summed E-state index contributed by atoms with van der Waals surface area (Å²) in [4.78, 5) is 3.56. The Morgan fingerprint density at radius 1 is 0.786 bits per heavy atom. The van der Waals surface area contributed by atoms with Gasteiger partial charge >= 0.3 is 0 Å². The molecule has 2 aliphatic carbocycles. The highest BCUT2D eigenvalue weighted by Gasteiger charge is 2.38. The van der Waals surface area contributed by atoms with Crippen molar-refractivity contribution in [1.29, 1.82) is 0 Å². The van der Waals surface area contributed by atoms with Crippen LogP contribution in [0.4, 0.5) is 0 Å². The van der Waals surface area contributed by atoms with Crippen molar-refractivity contribution in [3.63, 3.8) is 0 Å². The minimum absolute atomic E-state index is 0.898. The van der Waals surface area contributed by atoms with E-state index >= 15 is 0 Å². The summed E-state index contributed by atoms with van der Waals surface area (Å²) in [6.45, 7) is 7.74. The van der Waals surface area contributed by atoms with Gasteiger partial charge in [-0.1, -0.05) is 42.5 Å². The molecule has 2 aromatic rings. The summed E-state index contributed by atoms with van der Waals surface area (Å²) in [5, 5.41) is 0. The van der Waals surface area contributed by atoms with Crippen molar-refractivity contribution in [3.8, 4) is 11.5 Å². The minimum atomic E-state index is 0.898. The van der Waals surface area contributed by atoms with Gasteiger partial charge in [-0.3, -0.25) is 0 Å². The summed E-state index contributed by atoms with van der Waals surface area (Å²) in [6.07, 6.45) is 7.87. The zero-order valence-electron chi connectivity index (χ0n) is 16.6. The lowest BCUT2D eigenvalue weighted by molar-refractivity contribution is -1.02. The molecule has 3 nitrogen and oxygen atoms in total. The summed E-state index contributed by atoms with van der Waals surface area (Å²) in [6, 6.07) is 18.7. The van der Waals surface area contributed by atoms with Crippen LogP contribution in [0.25, 0.3) is 0 Å². The van der Waals surface area contributed by atoms with Crippen LogP contribution in [-0.2, 0) is 6.54 Å². The van der Waals surface area contributed by atoms with E-state index in [1.807, 2.05) is 35.2 Å². The van der Waals surface area contributed by atoms with Crippen molar-refractivity contribution in [2.24, 2.45) is 17.8 Å². The Hall–Kier alpha value is -2.10. The van der Waals surface area contributed by atoms with Crippen LogP contribution in [0.15, 0.2) is 66.7 Å². The predicted octanol–water partition coefficient (Wildman–Crippen LogP) is 1.97. The van der Waals surface area contributed by atoms with Crippen LogP contribution in [0.1, 0.15) is 18.4 Å². The van der Waals surface area contributed by atoms with E-state index in [1.54, 1.807) is 4.90 Å². The SMILES string of the molecule is C1=C[C@H]2C[C@H]1C[C@H]2C[NH+]1CC[NH+](Cc2cccc(Oc3ccccc3)c2)CC1. The molecule has 0 spiro atoms. The first kappa shape index (κ1) is 18.0. The lowest BCUT2D eigenvalue weighted by Crippen LogP contribution is -3.27. The maximum absolute atomic E-state index is 6.00. The van der Waals surface area contributed by atoms with Crippen molar-refractivity contribution >= 4 is 0 Å². The van der Waals surface area contributed by atoms with Crippen LogP contribution in [0, 0.1) is 17.8 Å². The Bertz CT molecular complexity index is 810. The molecular formula is C25H32N2O+2. The molecule has 0 aromatic heterocycles. The number of para-hydroxylation sites is 1. The van der Waals surface area contributed by atoms with Gasteiger partial charge in [0.25, 0.3) is 0 Å². The van der Waals surface area contributed by atoms with Gasteiger partial charge in [0.1, 0.15) is 44.2 Å². The average Bonchev–Trinajstić information content (AvgIpc) is 3.34. The van der Waals surface area contributed by atoms with Gasteiger partial charge in [-0.25, -0.2) is 0 Å². The average molecular weight is 377 g/mol. The second kappa shape index (κ2) is 8.10. The molecule has 1 aliphatic heterocycles. The fourth-order valence-electron chi connectivity index (χ4n) is 5.47. The molecule has 3 aliphatic rings. The van der Waals surface area contributed by atoms with Gasteiger partial charge in [0, 0.05) is 11.5 Å². The van der Waals surface area contributed by atoms with Gasteiger partial charge in [-0.15, -0.1) is 0 Å². The highest BCUT2D eigenvalue weighted by Crippen LogP contribution is 2.42. The second-order valence-corrected chi connectivity index (χ2v) is 8.98. The van der Waals surface area contributed by atoms with Crippen LogP contribution in [0.5, 0.6) is 11.5 Å². The van der Waals surface area contributed by atoms with E-state index < -0.39 is 0 Å². The van der Waals surface area contributed by atoms with E-state index in [0.29, 0.717) is 0 Å². The molecular weight excluding hydrogens is 344 g/mol. The lowest BCUT2D eigenvalue weighted by atomic mass is 9.93. The van der Waals surface area contributed by atoms with Crippen LogP contribution < -0.4 is 14.5 Å². The van der Waals surface area contributed by atoms with Gasteiger partial charge in [0.05, 0.1) is 6.54 Å². The van der Waals surface area contributed by atoms with E-state index in [4.69, 9.17) is 4.74 Å². The molecule has 5 rings (SSSR count). The molecule has 2 aromatic carbocycles. The third-order valence-electron chi connectivity index (χ3n) is 6.96. The Kier molecular flexibility index (Phi) is 5.20. The van der Waals surface area contributed by atoms with Gasteiger partial charge in [-0.05, 0) is 48.9 Å². The highest BCUT2D eigenvalue weighted by atomic mass is 16.5. The van der Waals surface area contributed by atoms with E-state index in [0.717, 1.165) is 35.8 Å². The smallest absolute Gasteiger partial charge is 0.127 e. The lowest BCUT2D eigenvalue weighted by Gasteiger charge is -2.32. The van der Waals surface area contributed by atoms with Crippen molar-refractivity contribution in [2.75, 3.05) is 32.7 Å². The second-order valence-electron chi connectivity index (χ2n) is 8.98. The zero-order valence-corrected chi connectivity index (χ0v) is 16.6. The van der Waals surface area contributed by atoms with E-state index in [9.17, 15) is 0 Å². The number of nitrogens with one attached hydrogen (secondary N) is 2. The number of ether oxygens (including phenoxy) is 1. The van der Waals surface area contributed by atoms with Crippen molar-refractivity contribution < 1.29 is 14.5 Å². The molecule has 1 heterocycles. The summed E-state index contributed by atoms with van der Waals surface area (Å²) >= 11 is 0. The fourth-order valence-corrected chi connectivity index (χ4v) is 5.47. The van der Waals surface area contributed by atoms with Gasteiger partial charge in [0.15, 0.2) is 0 Å². The molecule has 2 N–H and O–H groups in total. The van der Waals surface area contributed by atoms with Crippen molar-refractivity contribution in [3.05, 3.63) is 72.3 Å². The maximum Gasteiger partial charge on any atom is 0.127 e. The van der Waals surface area contributed by atoms with Crippen LogP contribution >= 0.6 is 0 Å². The number of hydrogen-bond donors (Lipinski definition) is 2. The first-order valence-corrected chi connectivity index (χ1v) is 11.0. The molecule has 3 atom stereocenters. The minimum Gasteiger partial charge on any atom is -0.457 e. The fraction of sp³-hybridized carbons (Fsp3) is 0.440. The van der Waals surface area contributed by atoms with Crippen molar-refractivity contribution in [1.82, 2.24) is 0 Å². The number of rotatable bonds is 6. The molecule has 28 heavy (non-hydrogen) atoms. The van der Waals surface area contributed by atoms with Crippen LogP contribution in [-0.4, -0.2) is 32.7 Å². The van der Waals surface area contributed by atoms with Gasteiger partial charge < -0.3 is 14.5 Å². The number of quaternary nitrogens is 2. The molecule has 0 radical (unpaired) electrons. The summed E-state index contributed by atoms with van der Waals surface area (Å²) in [7, 11) is 0. The first-order valence-electron chi connectivity index (χ1n) is 11.0. The molecule has 146 valence electrons. The highest BCUT2D eigenvalue weighted by molar-refractivity contribution is 5.33. The van der Waals surface area contributed by atoms with E-state index in [1.165, 1.54) is 51.1 Å². The third kappa shape index (κ3) is 4.16.